The summed E-state index contributed by atoms with van der Waals surface area (Å²) in [4.78, 5) is 0. The summed E-state index contributed by atoms with van der Waals surface area (Å²) in [6, 6.07) is -8.81. The molecule has 0 unspecified atom stereocenters. The maximum Gasteiger partial charge on any atom is 1.00 e. The summed E-state index contributed by atoms with van der Waals surface area (Å²) in [7, 11) is 0. The van der Waals surface area contributed by atoms with Gasteiger partial charge in [0.15, 0.2) is 0 Å². The Kier molecular flexibility index (Phi) is 25.1. The summed E-state index contributed by atoms with van der Waals surface area (Å²) in [5.74, 6) is 0. The van der Waals surface area contributed by atoms with Gasteiger partial charge in [0.2, 0.25) is 0 Å². The van der Waals surface area contributed by atoms with E-state index in [0.29, 0.717) is 0 Å². The van der Waals surface area contributed by atoms with Gasteiger partial charge in [-0.25, -0.2) is 0 Å². The Morgan fingerprint density at radius 2 is 0.356 bits per heavy atom. The molecule has 0 bridgehead atoms. The Bertz CT molecular complexity index is 1870. The number of hydrogen-bond donors (Lipinski definition) is 0. The van der Waals surface area contributed by atoms with Crippen molar-refractivity contribution < 1.29 is 142 Å². The molecule has 418 valence electrons. The zero-order valence-corrected chi connectivity index (χ0v) is 39.8. The van der Waals surface area contributed by atoms with Crippen LogP contribution in [0, 0.1) is 0 Å². The van der Waals surface area contributed by atoms with Gasteiger partial charge in [-0.15, -0.1) is 0 Å². The van der Waals surface area contributed by atoms with Crippen molar-refractivity contribution in [2.45, 2.75) is 91.0 Å². The average molecular weight is 1190 g/mol. The minimum Gasteiger partial charge on any atom is -0.382 e. The molecule has 4 aromatic rings. The van der Waals surface area contributed by atoms with Crippen molar-refractivity contribution in [3.63, 3.8) is 0 Å². The van der Waals surface area contributed by atoms with Crippen LogP contribution >= 0.6 is 0 Å². The Morgan fingerprint density at radius 1 is 0.247 bits per heavy atom. The van der Waals surface area contributed by atoms with Gasteiger partial charge in [0.1, 0.15) is 6.15 Å². The van der Waals surface area contributed by atoms with E-state index in [1.54, 1.807) is 0 Å². The zero-order chi connectivity index (χ0) is 56.3. The predicted octanol–water partition coefficient (Wildman–Crippen LogP) is 14.3. The summed E-state index contributed by atoms with van der Waals surface area (Å²) < 4.78 is 355. The van der Waals surface area contributed by atoms with Crippen LogP contribution in [0.25, 0.3) is 0 Å². The first-order valence-corrected chi connectivity index (χ1v) is 20.6. The summed E-state index contributed by atoms with van der Waals surface area (Å²) >= 11 is 0. The van der Waals surface area contributed by atoms with Gasteiger partial charge >= 0.3 is 71.8 Å². The van der Waals surface area contributed by atoms with Crippen LogP contribution < -0.4 is 21.9 Å². The molecule has 0 radical (unpaired) electrons. The molecule has 0 amide bonds. The summed E-state index contributed by atoms with van der Waals surface area (Å²) in [5.41, 5.74) is -30.2. The fourth-order valence-electron chi connectivity index (χ4n) is 6.68. The van der Waals surface area contributed by atoms with E-state index >= 15 is 0 Å². The molecule has 0 fully saturated rings. The van der Waals surface area contributed by atoms with Gasteiger partial charge in [-0.05, 0) is 65.8 Å². The van der Waals surface area contributed by atoms with Crippen molar-refractivity contribution in [2.24, 2.45) is 0 Å². The topological polar surface area (TPSA) is 27.7 Å². The number of hydrogen-bond acceptors (Lipinski definition) is 3. The Balaban J connectivity index is 0.00000283. The molecule has 4 aromatic carbocycles. The third kappa shape index (κ3) is 19.8. The van der Waals surface area contributed by atoms with Crippen molar-refractivity contribution in [3.8, 4) is 0 Å². The van der Waals surface area contributed by atoms with Gasteiger partial charge in [-0.1, -0.05) is 48.5 Å². The molecule has 0 atom stereocenters. The maximum atomic E-state index is 14.2. The van der Waals surface area contributed by atoms with Crippen LogP contribution in [0.2, 0.25) is 0 Å². The van der Waals surface area contributed by atoms with Crippen molar-refractivity contribution in [3.05, 3.63) is 117 Å². The molecule has 0 aromatic heterocycles. The summed E-state index contributed by atoms with van der Waals surface area (Å²) in [6.07, 6.45) is -54.8. The van der Waals surface area contributed by atoms with Crippen LogP contribution in [0.3, 0.4) is 0 Å². The second-order valence-electron chi connectivity index (χ2n) is 14.6. The molecular formula is C44H42AgBF24O3. The van der Waals surface area contributed by atoms with E-state index in [9.17, 15) is 105 Å². The van der Waals surface area contributed by atoms with E-state index in [0.717, 1.165) is 39.6 Å². The van der Waals surface area contributed by atoms with Crippen LogP contribution in [-0.4, -0.2) is 45.8 Å². The molecule has 4 rings (SSSR count). The van der Waals surface area contributed by atoms with Crippen molar-refractivity contribution in [1.82, 2.24) is 0 Å². The van der Waals surface area contributed by atoms with Gasteiger partial charge in [0, 0.05) is 39.6 Å². The number of rotatable bonds is 10. The molecule has 0 spiro atoms. The molecule has 0 aliphatic heterocycles. The normalized spacial score (nSPS) is 12.9. The van der Waals surface area contributed by atoms with E-state index < -0.39 is 195 Å². The first kappa shape index (κ1) is 68.9. The van der Waals surface area contributed by atoms with Crippen molar-refractivity contribution in [2.75, 3.05) is 39.6 Å². The largest absolute Gasteiger partial charge is 1.00 e. The molecular weight excluding hydrogens is 1150 g/mol. The molecule has 0 saturated heterocycles. The second-order valence-corrected chi connectivity index (χ2v) is 14.6. The van der Waals surface area contributed by atoms with Crippen LogP contribution in [0.15, 0.2) is 72.8 Å². The monoisotopic (exact) mass is 1190 g/mol. The van der Waals surface area contributed by atoms with Crippen molar-refractivity contribution >= 4 is 28.0 Å². The SMILES string of the molecule is CCOCC.CCOCC.CCOCC.FC(F)(F)c1cc([B-](c2cc(C(F)(F)F)cc(C(F)(F)F)c2)(c2cc(C(F)(F)F)cc(C(F)(F)F)c2)c2cc(C(F)(F)F)cc(C(F)(F)F)c2)cc(C(F)(F)F)c1.[Ag+]. The Morgan fingerprint density at radius 3 is 0.425 bits per heavy atom. The van der Waals surface area contributed by atoms with Gasteiger partial charge in [-0.3, -0.25) is 0 Å². The fourth-order valence-corrected chi connectivity index (χ4v) is 6.68. The number of halogens is 24. The average Bonchev–Trinajstić information content (AvgIpc) is 3.23. The molecule has 3 nitrogen and oxygen atoms in total. The molecule has 29 heteroatoms. The third-order valence-corrected chi connectivity index (χ3v) is 9.66. The molecule has 0 N–H and O–H groups in total. The number of benzene rings is 4. The van der Waals surface area contributed by atoms with E-state index in [4.69, 9.17) is 14.2 Å². The first-order chi connectivity index (χ1) is 32.5. The Labute approximate surface area is 417 Å². The minimum atomic E-state index is -6.13. The Hall–Kier alpha value is -4.11. The fraction of sp³-hybridized carbons (Fsp3) is 0.455. The van der Waals surface area contributed by atoms with E-state index in [2.05, 4.69) is 0 Å². The summed E-state index contributed by atoms with van der Waals surface area (Å²) in [6.45, 7) is 17.0. The second kappa shape index (κ2) is 26.6. The summed E-state index contributed by atoms with van der Waals surface area (Å²) in [5, 5.41) is 0. The van der Waals surface area contributed by atoms with Gasteiger partial charge < -0.3 is 14.2 Å². The molecule has 0 aliphatic rings. The van der Waals surface area contributed by atoms with Crippen LogP contribution in [-0.2, 0) is 86.0 Å². The molecule has 0 aliphatic carbocycles. The maximum absolute atomic E-state index is 14.2. The van der Waals surface area contributed by atoms with Gasteiger partial charge in [0.05, 0.1) is 44.5 Å². The van der Waals surface area contributed by atoms with E-state index in [1.807, 2.05) is 41.5 Å². The predicted molar refractivity (Wildman–Crippen MR) is 217 cm³/mol. The first-order valence-electron chi connectivity index (χ1n) is 20.6. The zero-order valence-electron chi connectivity index (χ0n) is 38.3. The van der Waals surface area contributed by atoms with E-state index in [1.165, 1.54) is 0 Å². The number of ether oxygens (including phenoxy) is 3. The molecule has 0 heterocycles. The van der Waals surface area contributed by atoms with E-state index in [-0.39, 0.29) is 22.4 Å². The molecule has 73 heavy (non-hydrogen) atoms. The number of alkyl halides is 24. The van der Waals surface area contributed by atoms with Gasteiger partial charge in [-0.2, -0.15) is 127 Å². The van der Waals surface area contributed by atoms with Crippen LogP contribution in [0.4, 0.5) is 105 Å². The van der Waals surface area contributed by atoms with Gasteiger partial charge in [0.25, 0.3) is 0 Å². The standard InChI is InChI=1S/C32H12BF24.3C4H10O.Ag/c34-25(35,36)13-1-14(26(37,38)39)6-21(5-13)33(22-7-15(27(40,41)42)2-16(8-22)28(43,44)45,23-9-17(29(46,47)48)3-18(10-23)30(49,50)51)24-11-19(31(52,53)54)4-20(12-24)32(55,56)57;3*1-3-5-4-2;/h1-12H;3*3-4H2,1-2H3;/q-1;;;;+1. The molecule has 0 saturated carbocycles. The van der Waals surface area contributed by atoms with Crippen LogP contribution in [0.1, 0.15) is 86.1 Å². The third-order valence-electron chi connectivity index (χ3n) is 9.66. The quantitative estimate of drug-likeness (QED) is 0.117. The smallest absolute Gasteiger partial charge is 0.382 e. The van der Waals surface area contributed by atoms with Crippen molar-refractivity contribution in [1.29, 1.82) is 0 Å². The van der Waals surface area contributed by atoms with Crippen LogP contribution in [0.5, 0.6) is 0 Å². The minimum absolute atomic E-state index is 0.